The van der Waals surface area contributed by atoms with Crippen LogP contribution in [0.2, 0.25) is 0 Å². The number of hydrogen-bond acceptors (Lipinski definition) is 2. The molecule has 2 N–H and O–H groups in total. The van der Waals surface area contributed by atoms with Gasteiger partial charge in [0.15, 0.2) is 0 Å². The number of amides is 2. The minimum absolute atomic E-state index is 0.0361. The predicted molar refractivity (Wildman–Crippen MR) is 105 cm³/mol. The largest absolute Gasteiger partial charge is 0.348 e. The van der Waals surface area contributed by atoms with E-state index in [-0.39, 0.29) is 42.1 Å². The van der Waals surface area contributed by atoms with Gasteiger partial charge in [-0.1, -0.05) is 63.2 Å². The molecule has 144 valence electrons. The predicted octanol–water partition coefficient (Wildman–Crippen LogP) is 3.78. The average molecular weight is 370 g/mol. The van der Waals surface area contributed by atoms with Crippen LogP contribution in [0.4, 0.5) is 4.39 Å². The molecule has 27 heavy (non-hydrogen) atoms. The normalized spacial score (nSPS) is 12.3. The molecule has 0 radical (unpaired) electrons. The first-order valence-corrected chi connectivity index (χ1v) is 9.08. The van der Waals surface area contributed by atoms with Crippen molar-refractivity contribution in [2.45, 2.75) is 39.7 Å². The first-order chi connectivity index (χ1) is 12.7. The van der Waals surface area contributed by atoms with Gasteiger partial charge in [0.1, 0.15) is 5.82 Å². The van der Waals surface area contributed by atoms with Crippen molar-refractivity contribution in [3.05, 3.63) is 71.5 Å². The summed E-state index contributed by atoms with van der Waals surface area (Å²) in [6, 6.07) is 15.5. The highest BCUT2D eigenvalue weighted by atomic mass is 19.1. The number of carbonyl (C=O) groups excluding carboxylic acids is 2. The van der Waals surface area contributed by atoms with E-state index in [9.17, 15) is 14.0 Å². The molecule has 0 aliphatic rings. The zero-order valence-corrected chi connectivity index (χ0v) is 16.1. The van der Waals surface area contributed by atoms with Crippen molar-refractivity contribution in [3.63, 3.8) is 0 Å². The maximum absolute atomic E-state index is 13.2. The van der Waals surface area contributed by atoms with Gasteiger partial charge in [0.2, 0.25) is 11.8 Å². The minimum Gasteiger partial charge on any atom is -0.348 e. The summed E-state index contributed by atoms with van der Waals surface area (Å²) >= 11 is 0. The average Bonchev–Trinajstić information content (AvgIpc) is 2.59. The van der Waals surface area contributed by atoms with Crippen LogP contribution in [0.15, 0.2) is 54.6 Å². The van der Waals surface area contributed by atoms with Crippen molar-refractivity contribution in [2.75, 3.05) is 6.54 Å². The Bertz CT molecular complexity index is 769. The molecular formula is C22H27FN2O2. The lowest BCUT2D eigenvalue weighted by Crippen LogP contribution is -2.40. The van der Waals surface area contributed by atoms with Crippen LogP contribution in [0.5, 0.6) is 0 Å². The van der Waals surface area contributed by atoms with Crippen LogP contribution in [0.1, 0.15) is 44.4 Å². The fraction of sp³-hybridized carbons (Fsp3) is 0.364. The van der Waals surface area contributed by atoms with Gasteiger partial charge < -0.3 is 10.6 Å². The zero-order valence-electron chi connectivity index (χ0n) is 16.1. The highest BCUT2D eigenvalue weighted by Crippen LogP contribution is 2.29. The summed E-state index contributed by atoms with van der Waals surface area (Å²) in [5, 5.41) is 5.60. The van der Waals surface area contributed by atoms with Gasteiger partial charge in [-0.3, -0.25) is 9.59 Å². The Morgan fingerprint density at radius 3 is 2.33 bits per heavy atom. The Hall–Kier alpha value is -2.69. The van der Waals surface area contributed by atoms with Crippen molar-refractivity contribution in [3.8, 4) is 0 Å². The van der Waals surface area contributed by atoms with Gasteiger partial charge in [-0.05, 0) is 35.1 Å². The molecule has 0 bridgehead atoms. The molecule has 2 amide bonds. The Kier molecular flexibility index (Phi) is 7.11. The fourth-order valence-corrected chi connectivity index (χ4v) is 2.87. The molecule has 5 heteroatoms. The van der Waals surface area contributed by atoms with E-state index in [2.05, 4.69) is 31.4 Å². The van der Waals surface area contributed by atoms with Crippen molar-refractivity contribution >= 4 is 11.8 Å². The molecule has 1 unspecified atom stereocenters. The molecule has 2 aromatic carbocycles. The maximum Gasteiger partial charge on any atom is 0.239 e. The van der Waals surface area contributed by atoms with E-state index in [0.717, 1.165) is 12.0 Å². The maximum atomic E-state index is 13.2. The van der Waals surface area contributed by atoms with Crippen LogP contribution >= 0.6 is 0 Å². The van der Waals surface area contributed by atoms with Gasteiger partial charge in [-0.2, -0.15) is 0 Å². The van der Waals surface area contributed by atoms with Crippen LogP contribution in [-0.2, 0) is 16.0 Å². The van der Waals surface area contributed by atoms with Crippen molar-refractivity contribution in [1.82, 2.24) is 10.6 Å². The standard InChI is InChI=1S/C22H27FN2O2/c1-22(2,3)14-19(17-9-5-4-6-10-17)25-21(27)15-24-20(26)13-16-8-7-11-18(23)12-16/h4-12,19H,13-15H2,1-3H3,(H,24,26)(H,25,27). The van der Waals surface area contributed by atoms with Crippen molar-refractivity contribution in [2.24, 2.45) is 5.41 Å². The van der Waals surface area contributed by atoms with Crippen LogP contribution in [-0.4, -0.2) is 18.4 Å². The third-order valence-electron chi connectivity index (χ3n) is 4.05. The summed E-state index contributed by atoms with van der Waals surface area (Å²) in [7, 11) is 0. The highest BCUT2D eigenvalue weighted by molar-refractivity contribution is 5.85. The molecule has 0 saturated carbocycles. The molecule has 0 heterocycles. The second-order valence-corrected chi connectivity index (χ2v) is 7.88. The van der Waals surface area contributed by atoms with E-state index < -0.39 is 0 Å². The second-order valence-electron chi connectivity index (χ2n) is 7.88. The lowest BCUT2D eigenvalue weighted by molar-refractivity contribution is -0.126. The SMILES string of the molecule is CC(C)(C)CC(NC(=O)CNC(=O)Cc1cccc(F)c1)c1ccccc1. The van der Waals surface area contributed by atoms with Crippen molar-refractivity contribution in [1.29, 1.82) is 0 Å². The van der Waals surface area contributed by atoms with Gasteiger partial charge in [0.25, 0.3) is 0 Å². The van der Waals surface area contributed by atoms with Gasteiger partial charge in [-0.25, -0.2) is 4.39 Å². The minimum atomic E-state index is -0.383. The Morgan fingerprint density at radius 1 is 1.00 bits per heavy atom. The first kappa shape index (κ1) is 20.6. The third kappa shape index (κ3) is 7.60. The smallest absolute Gasteiger partial charge is 0.239 e. The topological polar surface area (TPSA) is 58.2 Å². The van der Waals surface area contributed by atoms with E-state index in [0.29, 0.717) is 5.56 Å². The summed E-state index contributed by atoms with van der Waals surface area (Å²) in [5.41, 5.74) is 1.64. The summed E-state index contributed by atoms with van der Waals surface area (Å²) in [5.74, 6) is -0.950. The van der Waals surface area contributed by atoms with Crippen LogP contribution in [0.3, 0.4) is 0 Å². The molecule has 2 aromatic rings. The fourth-order valence-electron chi connectivity index (χ4n) is 2.87. The van der Waals surface area contributed by atoms with Crippen molar-refractivity contribution < 1.29 is 14.0 Å². The molecule has 1 atom stereocenters. The van der Waals surface area contributed by atoms with E-state index in [1.54, 1.807) is 12.1 Å². The Labute approximate surface area is 160 Å². The second kappa shape index (κ2) is 9.31. The van der Waals surface area contributed by atoms with Gasteiger partial charge in [0, 0.05) is 0 Å². The molecular weight excluding hydrogens is 343 g/mol. The number of carbonyl (C=O) groups is 2. The van der Waals surface area contributed by atoms with Gasteiger partial charge in [0.05, 0.1) is 19.0 Å². The molecule has 0 fully saturated rings. The summed E-state index contributed by atoms with van der Waals surface area (Å²) in [6.07, 6.45) is 0.815. The number of nitrogens with one attached hydrogen (secondary N) is 2. The molecule has 4 nitrogen and oxygen atoms in total. The van der Waals surface area contributed by atoms with Crippen LogP contribution in [0.25, 0.3) is 0 Å². The Balaban J connectivity index is 1.90. The van der Waals surface area contributed by atoms with E-state index >= 15 is 0 Å². The zero-order chi connectivity index (χ0) is 19.9. The van der Waals surface area contributed by atoms with Crippen LogP contribution < -0.4 is 10.6 Å². The third-order valence-corrected chi connectivity index (χ3v) is 4.05. The molecule has 0 saturated heterocycles. The number of benzene rings is 2. The Morgan fingerprint density at radius 2 is 1.70 bits per heavy atom. The van der Waals surface area contributed by atoms with E-state index in [1.807, 2.05) is 30.3 Å². The van der Waals surface area contributed by atoms with E-state index in [1.165, 1.54) is 12.1 Å². The summed E-state index contributed by atoms with van der Waals surface area (Å²) < 4.78 is 13.2. The monoisotopic (exact) mass is 370 g/mol. The quantitative estimate of drug-likeness (QED) is 0.779. The van der Waals surface area contributed by atoms with E-state index in [4.69, 9.17) is 0 Å². The highest BCUT2D eigenvalue weighted by Gasteiger charge is 2.22. The number of hydrogen-bond donors (Lipinski definition) is 2. The first-order valence-electron chi connectivity index (χ1n) is 9.08. The summed E-state index contributed by atoms with van der Waals surface area (Å²) in [6.45, 7) is 6.25. The lowest BCUT2D eigenvalue weighted by Gasteiger charge is -2.27. The lowest BCUT2D eigenvalue weighted by atomic mass is 9.85. The molecule has 2 rings (SSSR count). The molecule has 0 aromatic heterocycles. The molecule has 0 spiro atoms. The van der Waals surface area contributed by atoms with Gasteiger partial charge >= 0.3 is 0 Å². The molecule has 0 aliphatic carbocycles. The molecule has 0 aliphatic heterocycles. The summed E-state index contributed by atoms with van der Waals surface area (Å²) in [4.78, 5) is 24.3. The van der Waals surface area contributed by atoms with Gasteiger partial charge in [-0.15, -0.1) is 0 Å². The number of rotatable bonds is 7. The number of halogens is 1. The van der Waals surface area contributed by atoms with Crippen LogP contribution in [0, 0.1) is 11.2 Å².